The van der Waals surface area contributed by atoms with Crippen LogP contribution >= 0.6 is 11.3 Å². The number of nitrogens with one attached hydrogen (secondary N) is 1. The van der Waals surface area contributed by atoms with Crippen molar-refractivity contribution in [2.24, 2.45) is 0 Å². The number of sulfonamides is 1. The number of thiophene rings is 1. The summed E-state index contributed by atoms with van der Waals surface area (Å²) in [6.07, 6.45) is 0. The maximum absolute atomic E-state index is 12.1. The zero-order valence-corrected chi connectivity index (χ0v) is 15.2. The molecule has 0 fully saturated rings. The van der Waals surface area contributed by atoms with Gasteiger partial charge in [0.25, 0.3) is 0 Å². The third-order valence-corrected chi connectivity index (χ3v) is 6.55. The van der Waals surface area contributed by atoms with Gasteiger partial charge in [-0.2, -0.15) is 0 Å². The Morgan fingerprint density at radius 1 is 1.28 bits per heavy atom. The van der Waals surface area contributed by atoms with Gasteiger partial charge in [0.15, 0.2) is 11.5 Å². The standard InChI is InChI=1S/C16H18N2O5S2/c1-12(19)18(7-6-17-25(20,21)16-3-2-8-24-16)10-13-4-5-14-15(9-13)23-11-22-14/h2-5,8-9,17H,6-7,10-11H2,1H3. The highest BCUT2D eigenvalue weighted by atomic mass is 32.2. The van der Waals surface area contributed by atoms with Crippen LogP contribution in [0.15, 0.2) is 39.9 Å². The van der Waals surface area contributed by atoms with E-state index in [4.69, 9.17) is 9.47 Å². The maximum atomic E-state index is 12.1. The minimum atomic E-state index is -3.53. The molecule has 9 heteroatoms. The highest BCUT2D eigenvalue weighted by Crippen LogP contribution is 2.32. The Labute approximate surface area is 150 Å². The van der Waals surface area contributed by atoms with Gasteiger partial charge in [0.2, 0.25) is 22.7 Å². The number of nitrogens with zero attached hydrogens (tertiary/aromatic N) is 1. The van der Waals surface area contributed by atoms with Crippen LogP contribution in [0.4, 0.5) is 0 Å². The van der Waals surface area contributed by atoms with Gasteiger partial charge in [0.1, 0.15) is 4.21 Å². The van der Waals surface area contributed by atoms with Gasteiger partial charge in [0, 0.05) is 26.6 Å². The van der Waals surface area contributed by atoms with E-state index in [1.54, 1.807) is 28.5 Å². The van der Waals surface area contributed by atoms with Crippen LogP contribution in [-0.2, 0) is 21.4 Å². The third-order valence-electron chi connectivity index (χ3n) is 3.69. The lowest BCUT2D eigenvalue weighted by atomic mass is 10.2. The van der Waals surface area contributed by atoms with Gasteiger partial charge < -0.3 is 14.4 Å². The fourth-order valence-corrected chi connectivity index (χ4v) is 4.47. The van der Waals surface area contributed by atoms with E-state index in [1.165, 1.54) is 6.92 Å². The van der Waals surface area contributed by atoms with E-state index < -0.39 is 10.0 Å². The van der Waals surface area contributed by atoms with Gasteiger partial charge in [-0.15, -0.1) is 11.3 Å². The largest absolute Gasteiger partial charge is 0.454 e. The second kappa shape index (κ2) is 7.42. The van der Waals surface area contributed by atoms with E-state index in [9.17, 15) is 13.2 Å². The van der Waals surface area contributed by atoms with Crippen LogP contribution in [0.25, 0.3) is 0 Å². The molecule has 0 spiro atoms. The van der Waals surface area contributed by atoms with E-state index in [2.05, 4.69) is 4.72 Å². The van der Waals surface area contributed by atoms with E-state index >= 15 is 0 Å². The molecule has 0 saturated carbocycles. The molecule has 1 aliphatic rings. The zero-order valence-electron chi connectivity index (χ0n) is 13.6. The summed E-state index contributed by atoms with van der Waals surface area (Å²) < 4.78 is 37.6. The Balaban J connectivity index is 1.59. The van der Waals surface area contributed by atoms with Crippen molar-refractivity contribution >= 4 is 27.3 Å². The lowest BCUT2D eigenvalue weighted by Crippen LogP contribution is -2.36. The van der Waals surface area contributed by atoms with Crippen LogP contribution in [0.5, 0.6) is 11.5 Å². The van der Waals surface area contributed by atoms with Gasteiger partial charge >= 0.3 is 0 Å². The van der Waals surface area contributed by atoms with Gasteiger partial charge in [0.05, 0.1) is 0 Å². The molecule has 2 heterocycles. The first-order chi connectivity index (χ1) is 12.0. The first-order valence-electron chi connectivity index (χ1n) is 7.63. The molecule has 25 heavy (non-hydrogen) atoms. The molecule has 1 aromatic heterocycles. The van der Waals surface area contributed by atoms with Gasteiger partial charge in [-0.05, 0) is 29.1 Å². The SMILES string of the molecule is CC(=O)N(CCNS(=O)(=O)c1cccs1)Cc1ccc2c(c1)OCO2. The molecule has 1 aliphatic heterocycles. The van der Waals surface area contributed by atoms with Crippen molar-refractivity contribution < 1.29 is 22.7 Å². The van der Waals surface area contributed by atoms with Crippen LogP contribution in [0.2, 0.25) is 0 Å². The normalized spacial score (nSPS) is 13.0. The summed E-state index contributed by atoms with van der Waals surface area (Å²) >= 11 is 1.15. The highest BCUT2D eigenvalue weighted by Gasteiger charge is 2.18. The summed E-state index contributed by atoms with van der Waals surface area (Å²) in [6.45, 7) is 2.44. The summed E-state index contributed by atoms with van der Waals surface area (Å²) in [5, 5.41) is 1.70. The van der Waals surface area contributed by atoms with E-state index in [0.717, 1.165) is 16.9 Å². The molecular formula is C16H18N2O5S2. The molecule has 3 rings (SSSR count). The Bertz CT molecular complexity index is 849. The van der Waals surface area contributed by atoms with Crippen LogP contribution in [0.3, 0.4) is 0 Å². The average molecular weight is 382 g/mol. The van der Waals surface area contributed by atoms with Gasteiger partial charge in [-0.25, -0.2) is 13.1 Å². The highest BCUT2D eigenvalue weighted by molar-refractivity contribution is 7.91. The monoisotopic (exact) mass is 382 g/mol. The van der Waals surface area contributed by atoms with Crippen molar-refractivity contribution in [3.8, 4) is 11.5 Å². The first kappa shape index (κ1) is 17.7. The number of benzene rings is 1. The summed E-state index contributed by atoms with van der Waals surface area (Å²) in [7, 11) is -3.53. The van der Waals surface area contributed by atoms with Crippen LogP contribution in [0.1, 0.15) is 12.5 Å². The molecule has 0 unspecified atom stereocenters. The smallest absolute Gasteiger partial charge is 0.250 e. The molecule has 0 saturated heterocycles. The number of amides is 1. The number of hydrogen-bond donors (Lipinski definition) is 1. The fourth-order valence-electron chi connectivity index (χ4n) is 2.41. The van der Waals surface area contributed by atoms with Gasteiger partial charge in [-0.1, -0.05) is 12.1 Å². The molecule has 7 nitrogen and oxygen atoms in total. The molecule has 2 aromatic rings. The number of ether oxygens (including phenoxy) is 2. The van der Waals surface area contributed by atoms with Crippen molar-refractivity contribution in [1.82, 2.24) is 9.62 Å². The second-order valence-electron chi connectivity index (χ2n) is 5.46. The summed E-state index contributed by atoms with van der Waals surface area (Å²) in [5.41, 5.74) is 0.889. The Kier molecular flexibility index (Phi) is 5.26. The molecule has 0 radical (unpaired) electrons. The number of hydrogen-bond acceptors (Lipinski definition) is 6. The molecule has 0 bridgehead atoms. The molecule has 1 aromatic carbocycles. The lowest BCUT2D eigenvalue weighted by molar-refractivity contribution is -0.129. The van der Waals surface area contributed by atoms with Crippen molar-refractivity contribution in [2.45, 2.75) is 17.7 Å². The van der Waals surface area contributed by atoms with Crippen LogP contribution < -0.4 is 14.2 Å². The summed E-state index contributed by atoms with van der Waals surface area (Å²) in [5.74, 6) is 1.20. The van der Waals surface area contributed by atoms with Crippen molar-refractivity contribution in [2.75, 3.05) is 19.9 Å². The molecular weight excluding hydrogens is 364 g/mol. The Hall–Kier alpha value is -2.10. The number of carbonyl (C=O) groups is 1. The van der Waals surface area contributed by atoms with Crippen LogP contribution in [0, 0.1) is 0 Å². The quantitative estimate of drug-likeness (QED) is 0.789. The van der Waals surface area contributed by atoms with E-state index in [0.29, 0.717) is 18.0 Å². The number of rotatable bonds is 7. The minimum absolute atomic E-state index is 0.131. The van der Waals surface area contributed by atoms with Crippen molar-refractivity contribution in [3.63, 3.8) is 0 Å². The molecule has 1 amide bonds. The number of carbonyl (C=O) groups excluding carboxylic acids is 1. The predicted octanol–water partition coefficient (Wildman–Crippen LogP) is 1.80. The maximum Gasteiger partial charge on any atom is 0.250 e. The average Bonchev–Trinajstić information content (AvgIpc) is 3.25. The molecule has 0 aliphatic carbocycles. The molecule has 134 valence electrons. The predicted molar refractivity (Wildman–Crippen MR) is 93.2 cm³/mol. The Morgan fingerprint density at radius 2 is 2.08 bits per heavy atom. The topological polar surface area (TPSA) is 84.9 Å². The molecule has 1 N–H and O–H groups in total. The third kappa shape index (κ3) is 4.30. The lowest BCUT2D eigenvalue weighted by Gasteiger charge is -2.21. The Morgan fingerprint density at radius 3 is 2.80 bits per heavy atom. The summed E-state index contributed by atoms with van der Waals surface area (Å²) in [6, 6.07) is 8.71. The minimum Gasteiger partial charge on any atom is -0.454 e. The number of fused-ring (bicyclic) bond motifs is 1. The fraction of sp³-hybridized carbons (Fsp3) is 0.312. The summed E-state index contributed by atoms with van der Waals surface area (Å²) in [4.78, 5) is 13.4. The van der Waals surface area contributed by atoms with E-state index in [1.807, 2.05) is 12.1 Å². The van der Waals surface area contributed by atoms with E-state index in [-0.39, 0.29) is 30.0 Å². The first-order valence-corrected chi connectivity index (χ1v) is 9.99. The molecule has 0 atom stereocenters. The van der Waals surface area contributed by atoms with Crippen LogP contribution in [-0.4, -0.2) is 39.1 Å². The second-order valence-corrected chi connectivity index (χ2v) is 8.40. The van der Waals surface area contributed by atoms with Crippen molar-refractivity contribution in [1.29, 1.82) is 0 Å². The zero-order chi connectivity index (χ0) is 17.9. The van der Waals surface area contributed by atoms with Gasteiger partial charge in [-0.3, -0.25) is 4.79 Å². The van der Waals surface area contributed by atoms with Crippen molar-refractivity contribution in [3.05, 3.63) is 41.3 Å².